The predicted molar refractivity (Wildman–Crippen MR) is 102 cm³/mol. The second-order valence-electron chi connectivity index (χ2n) is 6.01. The minimum Gasteiger partial charge on any atom is -0.313 e. The van der Waals surface area contributed by atoms with Gasteiger partial charge in [0.05, 0.1) is 17.6 Å². The first kappa shape index (κ1) is 15.8. The van der Waals surface area contributed by atoms with Crippen molar-refractivity contribution in [2.75, 3.05) is 0 Å². The maximum atomic E-state index is 4.87. The molecule has 122 valence electrons. The average Bonchev–Trinajstić information content (AvgIpc) is 3.26. The van der Waals surface area contributed by atoms with Crippen LogP contribution < -0.4 is 4.80 Å². The smallest absolute Gasteiger partial charge is 0.190 e. The van der Waals surface area contributed by atoms with Gasteiger partial charge in [-0.05, 0) is 31.0 Å². The SMILES string of the molecule is Brc1ccccc1-c1csc(=Nc2cccnc2)n1C1CCCC1. The Kier molecular flexibility index (Phi) is 4.63. The Morgan fingerprint density at radius 3 is 2.71 bits per heavy atom. The number of benzene rings is 1. The van der Waals surface area contributed by atoms with Gasteiger partial charge in [0.1, 0.15) is 0 Å². The van der Waals surface area contributed by atoms with Crippen molar-refractivity contribution in [1.82, 2.24) is 9.55 Å². The van der Waals surface area contributed by atoms with Crippen LogP contribution in [0.4, 0.5) is 5.69 Å². The quantitative estimate of drug-likeness (QED) is 0.553. The summed E-state index contributed by atoms with van der Waals surface area (Å²) in [5.41, 5.74) is 3.39. The summed E-state index contributed by atoms with van der Waals surface area (Å²) in [5, 5.41) is 2.23. The Morgan fingerprint density at radius 2 is 1.96 bits per heavy atom. The molecule has 2 aromatic heterocycles. The second-order valence-corrected chi connectivity index (χ2v) is 7.71. The van der Waals surface area contributed by atoms with E-state index < -0.39 is 0 Å². The molecule has 5 heteroatoms. The van der Waals surface area contributed by atoms with E-state index in [4.69, 9.17) is 4.99 Å². The van der Waals surface area contributed by atoms with Gasteiger partial charge in [0.25, 0.3) is 0 Å². The van der Waals surface area contributed by atoms with Gasteiger partial charge in [-0.25, -0.2) is 4.99 Å². The fourth-order valence-corrected chi connectivity index (χ4v) is 4.78. The molecule has 0 aliphatic heterocycles. The molecule has 1 aliphatic carbocycles. The predicted octanol–water partition coefficient (Wildman–Crippen LogP) is 5.72. The summed E-state index contributed by atoms with van der Waals surface area (Å²) in [6, 6.07) is 12.9. The standard InChI is InChI=1S/C19H18BrN3S/c20-17-10-4-3-9-16(17)18-13-24-19(22-14-6-5-11-21-12-14)23(18)15-7-1-2-8-15/h3-6,9-13,15H,1-2,7-8H2. The molecule has 1 saturated carbocycles. The van der Waals surface area contributed by atoms with E-state index in [0.717, 1.165) is 15.0 Å². The van der Waals surface area contributed by atoms with Crippen molar-refractivity contribution in [2.45, 2.75) is 31.7 Å². The Morgan fingerprint density at radius 1 is 1.12 bits per heavy atom. The molecule has 0 saturated heterocycles. The number of pyridine rings is 1. The minimum atomic E-state index is 0.536. The molecule has 3 nitrogen and oxygen atoms in total. The maximum absolute atomic E-state index is 4.87. The lowest BCUT2D eigenvalue weighted by molar-refractivity contribution is 0.512. The Bertz CT molecular complexity index is 892. The lowest BCUT2D eigenvalue weighted by Gasteiger charge is -2.16. The summed E-state index contributed by atoms with van der Waals surface area (Å²) in [5.74, 6) is 0. The molecular weight excluding hydrogens is 382 g/mol. The lowest BCUT2D eigenvalue weighted by Crippen LogP contribution is -2.20. The first-order valence-corrected chi connectivity index (χ1v) is 9.90. The van der Waals surface area contributed by atoms with Crippen LogP contribution in [0.1, 0.15) is 31.7 Å². The van der Waals surface area contributed by atoms with Gasteiger partial charge < -0.3 is 4.57 Å². The maximum Gasteiger partial charge on any atom is 0.190 e. The van der Waals surface area contributed by atoms with Crippen LogP contribution in [0.25, 0.3) is 11.3 Å². The van der Waals surface area contributed by atoms with Crippen molar-refractivity contribution in [1.29, 1.82) is 0 Å². The fourth-order valence-electron chi connectivity index (χ4n) is 3.31. The number of thiazole rings is 1. The molecule has 0 radical (unpaired) electrons. The summed E-state index contributed by atoms with van der Waals surface area (Å²) in [6.45, 7) is 0. The van der Waals surface area contributed by atoms with Gasteiger partial charge in [-0.1, -0.05) is 47.0 Å². The van der Waals surface area contributed by atoms with E-state index >= 15 is 0 Å². The van der Waals surface area contributed by atoms with E-state index in [0.29, 0.717) is 6.04 Å². The molecule has 0 unspecified atom stereocenters. The van der Waals surface area contributed by atoms with Gasteiger partial charge in [-0.2, -0.15) is 0 Å². The van der Waals surface area contributed by atoms with Gasteiger partial charge >= 0.3 is 0 Å². The first-order chi connectivity index (χ1) is 11.8. The van der Waals surface area contributed by atoms with Crippen LogP contribution in [0.3, 0.4) is 0 Å². The Balaban J connectivity index is 1.90. The van der Waals surface area contributed by atoms with Crippen molar-refractivity contribution in [3.05, 3.63) is 63.4 Å². The van der Waals surface area contributed by atoms with Crippen LogP contribution in [0.5, 0.6) is 0 Å². The molecule has 0 N–H and O–H groups in total. The van der Waals surface area contributed by atoms with Crippen LogP contribution >= 0.6 is 27.3 Å². The molecule has 4 rings (SSSR count). The molecule has 3 aromatic rings. The van der Waals surface area contributed by atoms with E-state index in [1.54, 1.807) is 17.5 Å². The highest BCUT2D eigenvalue weighted by atomic mass is 79.9. The molecule has 2 heterocycles. The highest BCUT2D eigenvalue weighted by Gasteiger charge is 2.22. The van der Waals surface area contributed by atoms with Crippen molar-refractivity contribution in [3.8, 4) is 11.3 Å². The zero-order valence-corrected chi connectivity index (χ0v) is 15.6. The summed E-state index contributed by atoms with van der Waals surface area (Å²) in [7, 11) is 0. The van der Waals surface area contributed by atoms with E-state index in [1.165, 1.54) is 36.9 Å². The fraction of sp³-hybridized carbons (Fsp3) is 0.263. The number of hydrogen-bond acceptors (Lipinski definition) is 3. The van der Waals surface area contributed by atoms with Crippen molar-refractivity contribution in [3.63, 3.8) is 0 Å². The number of rotatable bonds is 3. The molecular formula is C19H18BrN3S. The van der Waals surface area contributed by atoms with Crippen LogP contribution in [0, 0.1) is 0 Å². The van der Waals surface area contributed by atoms with Gasteiger partial charge in [0.15, 0.2) is 4.80 Å². The second kappa shape index (κ2) is 7.03. The third-order valence-electron chi connectivity index (χ3n) is 4.45. The van der Waals surface area contributed by atoms with Crippen molar-refractivity contribution >= 4 is 33.0 Å². The summed E-state index contributed by atoms with van der Waals surface area (Å²) >= 11 is 5.41. The lowest BCUT2D eigenvalue weighted by atomic mass is 10.1. The zero-order chi connectivity index (χ0) is 16.4. The van der Waals surface area contributed by atoms with Crippen molar-refractivity contribution in [2.24, 2.45) is 4.99 Å². The number of aromatic nitrogens is 2. The topological polar surface area (TPSA) is 30.2 Å². The molecule has 1 aromatic carbocycles. The zero-order valence-electron chi connectivity index (χ0n) is 13.2. The summed E-state index contributed by atoms with van der Waals surface area (Å²) in [6.07, 6.45) is 8.66. The van der Waals surface area contributed by atoms with E-state index in [1.807, 2.05) is 18.3 Å². The molecule has 0 bridgehead atoms. The van der Waals surface area contributed by atoms with Gasteiger partial charge in [-0.3, -0.25) is 4.98 Å². The Labute approximate surface area is 153 Å². The van der Waals surface area contributed by atoms with Gasteiger partial charge in [-0.15, -0.1) is 11.3 Å². The normalized spacial score (nSPS) is 16.0. The highest BCUT2D eigenvalue weighted by molar-refractivity contribution is 9.10. The van der Waals surface area contributed by atoms with Crippen LogP contribution in [0.15, 0.2) is 63.6 Å². The largest absolute Gasteiger partial charge is 0.313 e. The summed E-state index contributed by atoms with van der Waals surface area (Å²) in [4.78, 5) is 10.1. The van der Waals surface area contributed by atoms with Gasteiger partial charge in [0, 0.05) is 27.7 Å². The molecule has 0 amide bonds. The van der Waals surface area contributed by atoms with Crippen LogP contribution in [0.2, 0.25) is 0 Å². The number of hydrogen-bond donors (Lipinski definition) is 0. The molecule has 0 spiro atoms. The molecule has 1 aliphatic rings. The van der Waals surface area contributed by atoms with Crippen molar-refractivity contribution < 1.29 is 0 Å². The third kappa shape index (κ3) is 3.10. The van der Waals surface area contributed by atoms with Crippen LogP contribution in [-0.4, -0.2) is 9.55 Å². The summed E-state index contributed by atoms with van der Waals surface area (Å²) < 4.78 is 3.56. The average molecular weight is 400 g/mol. The minimum absolute atomic E-state index is 0.536. The van der Waals surface area contributed by atoms with E-state index in [-0.39, 0.29) is 0 Å². The number of nitrogens with zero attached hydrogens (tertiary/aromatic N) is 3. The molecule has 1 fully saturated rings. The van der Waals surface area contributed by atoms with E-state index in [9.17, 15) is 0 Å². The van der Waals surface area contributed by atoms with Crippen LogP contribution in [-0.2, 0) is 0 Å². The van der Waals surface area contributed by atoms with Gasteiger partial charge in [0.2, 0.25) is 0 Å². The number of halogens is 1. The molecule has 0 atom stereocenters. The van der Waals surface area contributed by atoms with E-state index in [2.05, 4.69) is 55.1 Å². The highest BCUT2D eigenvalue weighted by Crippen LogP contribution is 2.35. The first-order valence-electron chi connectivity index (χ1n) is 8.22. The third-order valence-corrected chi connectivity index (χ3v) is 5.98. The molecule has 24 heavy (non-hydrogen) atoms. The Hall–Kier alpha value is -1.72. The monoisotopic (exact) mass is 399 g/mol.